The third-order valence-corrected chi connectivity index (χ3v) is 5.37. The Morgan fingerprint density at radius 3 is 2.00 bits per heavy atom. The lowest BCUT2D eigenvalue weighted by Crippen LogP contribution is -2.36. The van der Waals surface area contributed by atoms with E-state index in [1.165, 1.54) is 71.1 Å². The van der Waals surface area contributed by atoms with Crippen molar-refractivity contribution < 1.29 is 0 Å². The molecule has 0 aromatic carbocycles. The van der Waals surface area contributed by atoms with E-state index < -0.39 is 0 Å². The molecule has 0 saturated carbocycles. The van der Waals surface area contributed by atoms with Crippen LogP contribution in [0.5, 0.6) is 0 Å². The molecule has 2 aliphatic rings. The van der Waals surface area contributed by atoms with Gasteiger partial charge in [-0.3, -0.25) is 4.90 Å². The van der Waals surface area contributed by atoms with Crippen LogP contribution in [0.2, 0.25) is 0 Å². The Balaban J connectivity index is 0.000000243. The third kappa shape index (κ3) is 8.34. The van der Waals surface area contributed by atoms with Crippen molar-refractivity contribution in [3.05, 3.63) is 0 Å². The Labute approximate surface area is 153 Å². The fraction of sp³-hybridized carbons (Fsp3) is 1.00. The molecule has 0 spiro atoms. The van der Waals surface area contributed by atoms with E-state index >= 15 is 0 Å². The average molecular weight is 339 g/mol. The lowest BCUT2D eigenvalue weighted by atomic mass is 9.95. The monoisotopic (exact) mass is 338 g/mol. The molecule has 0 bridgehead atoms. The van der Waals surface area contributed by atoms with Crippen molar-refractivity contribution in [2.45, 2.75) is 105 Å². The number of likely N-dealkylation sites (tertiary alicyclic amines) is 2. The van der Waals surface area contributed by atoms with Crippen LogP contribution in [0.3, 0.4) is 0 Å². The molecule has 144 valence electrons. The summed E-state index contributed by atoms with van der Waals surface area (Å²) >= 11 is 0. The Morgan fingerprint density at radius 1 is 0.917 bits per heavy atom. The Kier molecular flexibility index (Phi) is 9.89. The first-order chi connectivity index (χ1) is 11.3. The molecule has 0 aromatic heterocycles. The highest BCUT2D eigenvalue weighted by atomic mass is 15.2. The van der Waals surface area contributed by atoms with Crippen LogP contribution in [-0.4, -0.2) is 48.1 Å². The predicted molar refractivity (Wildman–Crippen MR) is 109 cm³/mol. The fourth-order valence-electron chi connectivity index (χ4n) is 4.44. The molecule has 0 radical (unpaired) electrons. The van der Waals surface area contributed by atoms with Crippen LogP contribution in [-0.2, 0) is 0 Å². The number of hydrogen-bond acceptors (Lipinski definition) is 2. The van der Waals surface area contributed by atoms with Crippen molar-refractivity contribution >= 4 is 0 Å². The second-order valence-electron chi connectivity index (χ2n) is 9.71. The van der Waals surface area contributed by atoms with Gasteiger partial charge in [-0.1, -0.05) is 54.9 Å². The summed E-state index contributed by atoms with van der Waals surface area (Å²) in [7, 11) is 0. The summed E-state index contributed by atoms with van der Waals surface area (Å²) < 4.78 is 0. The van der Waals surface area contributed by atoms with Crippen molar-refractivity contribution in [2.75, 3.05) is 26.2 Å². The Morgan fingerprint density at radius 2 is 1.50 bits per heavy atom. The van der Waals surface area contributed by atoms with Gasteiger partial charge in [0.15, 0.2) is 0 Å². The molecule has 0 aromatic rings. The van der Waals surface area contributed by atoms with E-state index in [-0.39, 0.29) is 0 Å². The van der Waals surface area contributed by atoms with Gasteiger partial charge in [0, 0.05) is 25.2 Å². The first-order valence-electron chi connectivity index (χ1n) is 10.7. The van der Waals surface area contributed by atoms with Crippen LogP contribution < -0.4 is 0 Å². The quantitative estimate of drug-likeness (QED) is 0.602. The van der Waals surface area contributed by atoms with E-state index in [2.05, 4.69) is 58.3 Å². The van der Waals surface area contributed by atoms with Gasteiger partial charge in [0.05, 0.1) is 0 Å². The minimum atomic E-state index is 0.469. The topological polar surface area (TPSA) is 6.48 Å². The summed E-state index contributed by atoms with van der Waals surface area (Å²) in [6, 6.07) is 1.79. The van der Waals surface area contributed by atoms with E-state index in [9.17, 15) is 0 Å². The van der Waals surface area contributed by atoms with E-state index in [1.54, 1.807) is 0 Å². The molecule has 2 aliphatic heterocycles. The van der Waals surface area contributed by atoms with Gasteiger partial charge >= 0.3 is 0 Å². The molecular formula is C22H46N2. The Hall–Kier alpha value is -0.0800. The Bertz CT molecular complexity index is 318. The first-order valence-corrected chi connectivity index (χ1v) is 10.7. The minimum Gasteiger partial charge on any atom is -0.300 e. The second-order valence-corrected chi connectivity index (χ2v) is 9.71. The summed E-state index contributed by atoms with van der Waals surface area (Å²) in [5, 5.41) is 0. The predicted octanol–water partition coefficient (Wildman–Crippen LogP) is 5.81. The maximum Gasteiger partial charge on any atom is 0.00958 e. The van der Waals surface area contributed by atoms with Crippen molar-refractivity contribution in [2.24, 2.45) is 11.3 Å². The molecule has 2 unspecified atom stereocenters. The van der Waals surface area contributed by atoms with Crippen LogP contribution in [0.25, 0.3) is 0 Å². The summed E-state index contributed by atoms with van der Waals surface area (Å²) in [6.45, 7) is 21.5. The first kappa shape index (κ1) is 22.0. The van der Waals surface area contributed by atoms with Crippen LogP contribution in [0.4, 0.5) is 0 Å². The van der Waals surface area contributed by atoms with E-state index in [0.717, 1.165) is 18.0 Å². The summed E-state index contributed by atoms with van der Waals surface area (Å²) in [5.74, 6) is 0.835. The second kappa shape index (κ2) is 10.8. The molecule has 2 nitrogen and oxygen atoms in total. The standard InChI is InChI=1S/C12H25N.C10H21N/c1-5-7-11-8-6-9-13(11)10-12(2,3)4;1-4-10-6-5-7-11(10)8-9(2)3/h11H,5-10H2,1-4H3;9-10H,4-8H2,1-3H3. The molecule has 2 saturated heterocycles. The van der Waals surface area contributed by atoms with Crippen LogP contribution in [0.15, 0.2) is 0 Å². The lowest BCUT2D eigenvalue weighted by molar-refractivity contribution is 0.170. The zero-order valence-electron chi connectivity index (χ0n) is 17.9. The largest absolute Gasteiger partial charge is 0.300 e. The molecule has 0 amide bonds. The lowest BCUT2D eigenvalue weighted by Gasteiger charge is -2.31. The summed E-state index contributed by atoms with van der Waals surface area (Å²) in [4.78, 5) is 5.36. The normalized spacial score (nSPS) is 26.0. The van der Waals surface area contributed by atoms with Gasteiger partial charge in [-0.05, 0) is 62.9 Å². The third-order valence-electron chi connectivity index (χ3n) is 5.37. The maximum atomic E-state index is 2.70. The highest BCUT2D eigenvalue weighted by molar-refractivity contribution is 4.82. The molecule has 0 N–H and O–H groups in total. The summed E-state index contributed by atoms with van der Waals surface area (Å²) in [5.41, 5.74) is 0.469. The van der Waals surface area contributed by atoms with Gasteiger partial charge in [-0.2, -0.15) is 0 Å². The van der Waals surface area contributed by atoms with Gasteiger partial charge in [-0.25, -0.2) is 0 Å². The van der Waals surface area contributed by atoms with Gasteiger partial charge in [0.1, 0.15) is 0 Å². The minimum absolute atomic E-state index is 0.469. The van der Waals surface area contributed by atoms with Crippen LogP contribution in [0, 0.1) is 11.3 Å². The smallest absolute Gasteiger partial charge is 0.00958 e. The SMILES string of the molecule is CCC1CCCN1CC(C)C.CCCC1CCCN1CC(C)(C)C. The van der Waals surface area contributed by atoms with Crippen molar-refractivity contribution in [3.8, 4) is 0 Å². The average Bonchev–Trinajstić information content (AvgIpc) is 3.07. The molecular weight excluding hydrogens is 292 g/mol. The van der Waals surface area contributed by atoms with Crippen molar-refractivity contribution in [1.29, 1.82) is 0 Å². The van der Waals surface area contributed by atoms with Gasteiger partial charge in [0.2, 0.25) is 0 Å². The molecule has 2 atom stereocenters. The van der Waals surface area contributed by atoms with Crippen LogP contribution in [0.1, 0.15) is 93.4 Å². The maximum absolute atomic E-state index is 2.70. The molecule has 2 heteroatoms. The van der Waals surface area contributed by atoms with E-state index in [4.69, 9.17) is 0 Å². The van der Waals surface area contributed by atoms with Gasteiger partial charge in [0.25, 0.3) is 0 Å². The highest BCUT2D eigenvalue weighted by Gasteiger charge is 2.27. The molecule has 2 rings (SSSR count). The van der Waals surface area contributed by atoms with Gasteiger partial charge < -0.3 is 4.90 Å². The molecule has 2 heterocycles. The zero-order chi connectivity index (χ0) is 18.2. The zero-order valence-corrected chi connectivity index (χ0v) is 17.9. The van der Waals surface area contributed by atoms with E-state index in [0.29, 0.717) is 5.41 Å². The highest BCUT2D eigenvalue weighted by Crippen LogP contribution is 2.26. The van der Waals surface area contributed by atoms with E-state index in [1.807, 2.05) is 0 Å². The number of nitrogens with zero attached hydrogens (tertiary/aromatic N) is 2. The fourth-order valence-corrected chi connectivity index (χ4v) is 4.44. The van der Waals surface area contributed by atoms with Crippen molar-refractivity contribution in [1.82, 2.24) is 9.80 Å². The molecule has 24 heavy (non-hydrogen) atoms. The van der Waals surface area contributed by atoms with Gasteiger partial charge in [-0.15, -0.1) is 0 Å². The number of rotatable bonds is 6. The van der Waals surface area contributed by atoms with Crippen LogP contribution >= 0.6 is 0 Å². The number of hydrogen-bond donors (Lipinski definition) is 0. The molecule has 0 aliphatic carbocycles. The van der Waals surface area contributed by atoms with Crippen molar-refractivity contribution in [3.63, 3.8) is 0 Å². The summed E-state index contributed by atoms with van der Waals surface area (Å²) in [6.07, 6.45) is 9.78. The molecule has 2 fully saturated rings.